The fraction of sp³-hybridized carbons (Fsp3) is 0.400. The molecule has 0 spiro atoms. The zero-order valence-corrected chi connectivity index (χ0v) is 32.2. The summed E-state index contributed by atoms with van der Waals surface area (Å²) in [6.07, 6.45) is 2.33. The Hall–Kier alpha value is -5.68. The van der Waals surface area contributed by atoms with Gasteiger partial charge in [-0.3, -0.25) is 14.4 Å². The maximum Gasteiger partial charge on any atom is 0.250 e. The van der Waals surface area contributed by atoms with Crippen LogP contribution in [0, 0.1) is 5.92 Å². The molecule has 1 heterocycles. The summed E-state index contributed by atoms with van der Waals surface area (Å²) in [5.41, 5.74) is 12.2. The molecule has 2 aliphatic rings. The number of likely N-dealkylation sites (tertiary alicyclic amines) is 1. The van der Waals surface area contributed by atoms with Crippen molar-refractivity contribution in [3.8, 4) is 5.75 Å². The van der Waals surface area contributed by atoms with Crippen molar-refractivity contribution in [3.05, 3.63) is 148 Å². The highest BCUT2D eigenvalue weighted by atomic mass is 16.5. The zero-order chi connectivity index (χ0) is 39.8. The van der Waals surface area contributed by atoms with Crippen molar-refractivity contribution in [1.29, 1.82) is 0 Å². The first-order valence-electron chi connectivity index (χ1n) is 19.9. The van der Waals surface area contributed by atoms with E-state index in [0.29, 0.717) is 64.0 Å². The quantitative estimate of drug-likeness (QED) is 0.0429. The Bertz CT molecular complexity index is 1930. The van der Waals surface area contributed by atoms with Crippen LogP contribution in [-0.4, -0.2) is 71.2 Å². The first-order chi connectivity index (χ1) is 27.9. The fourth-order valence-electron chi connectivity index (χ4n) is 7.84. The van der Waals surface area contributed by atoms with Gasteiger partial charge < -0.3 is 30.1 Å². The van der Waals surface area contributed by atoms with Gasteiger partial charge in [-0.15, -0.1) is 0 Å². The molecule has 2 fully saturated rings. The molecular formula is C45H52N6O6. The minimum absolute atomic E-state index is 0.0488. The van der Waals surface area contributed by atoms with E-state index in [1.807, 2.05) is 115 Å². The molecule has 1 saturated carbocycles. The van der Waals surface area contributed by atoms with E-state index in [9.17, 15) is 19.5 Å². The molecule has 12 nitrogen and oxygen atoms in total. The average Bonchev–Trinajstić information content (AvgIpc) is 3.62. The molecule has 3 N–H and O–H groups in total. The molecule has 0 bridgehead atoms. The minimum Gasteiger partial charge on any atom is -0.489 e. The lowest BCUT2D eigenvalue weighted by Gasteiger charge is -2.37. The van der Waals surface area contributed by atoms with Gasteiger partial charge in [-0.2, -0.15) is 0 Å². The molecule has 0 radical (unpaired) electrons. The topological polar surface area (TPSA) is 166 Å². The Balaban J connectivity index is 1.22. The van der Waals surface area contributed by atoms with Crippen molar-refractivity contribution in [1.82, 2.24) is 15.5 Å². The van der Waals surface area contributed by atoms with Crippen molar-refractivity contribution < 1.29 is 29.0 Å². The Labute approximate surface area is 334 Å². The van der Waals surface area contributed by atoms with Gasteiger partial charge in [0.15, 0.2) is 0 Å². The normalized spacial score (nSPS) is 19.7. The van der Waals surface area contributed by atoms with Crippen molar-refractivity contribution in [2.24, 2.45) is 11.0 Å². The summed E-state index contributed by atoms with van der Waals surface area (Å²) in [6, 6.07) is 34.5. The predicted molar refractivity (Wildman–Crippen MR) is 217 cm³/mol. The molecule has 4 aromatic rings. The Kier molecular flexibility index (Phi) is 15.1. The molecule has 4 aromatic carbocycles. The summed E-state index contributed by atoms with van der Waals surface area (Å²) in [5, 5.41) is 20.4. The van der Waals surface area contributed by atoms with Gasteiger partial charge >= 0.3 is 0 Å². The van der Waals surface area contributed by atoms with Crippen molar-refractivity contribution in [3.63, 3.8) is 0 Å². The summed E-state index contributed by atoms with van der Waals surface area (Å²) >= 11 is 0. The average molecular weight is 773 g/mol. The van der Waals surface area contributed by atoms with Crippen LogP contribution < -0.4 is 15.4 Å². The van der Waals surface area contributed by atoms with Gasteiger partial charge in [0, 0.05) is 36.9 Å². The smallest absolute Gasteiger partial charge is 0.250 e. The molecule has 57 heavy (non-hydrogen) atoms. The number of nitrogens with zero attached hydrogens (tertiary/aromatic N) is 4. The van der Waals surface area contributed by atoms with Gasteiger partial charge in [-0.1, -0.05) is 108 Å². The molecule has 6 rings (SSSR count). The first kappa shape index (κ1) is 41.0. The third-order valence-electron chi connectivity index (χ3n) is 10.8. The number of aliphatic hydroxyl groups is 1. The highest BCUT2D eigenvalue weighted by molar-refractivity contribution is 5.94. The number of amides is 3. The van der Waals surface area contributed by atoms with Crippen LogP contribution >= 0.6 is 0 Å². The highest BCUT2D eigenvalue weighted by Crippen LogP contribution is 2.40. The van der Waals surface area contributed by atoms with E-state index in [4.69, 9.17) is 15.0 Å². The van der Waals surface area contributed by atoms with E-state index in [1.165, 1.54) is 0 Å². The summed E-state index contributed by atoms with van der Waals surface area (Å²) in [6.45, 7) is 1.34. The molecule has 0 aromatic heterocycles. The van der Waals surface area contributed by atoms with Gasteiger partial charge in [0.2, 0.25) is 17.7 Å². The molecule has 298 valence electrons. The predicted octanol–water partition coefficient (Wildman–Crippen LogP) is 6.46. The van der Waals surface area contributed by atoms with Crippen LogP contribution in [0.5, 0.6) is 5.75 Å². The second kappa shape index (κ2) is 21.0. The number of hydrogen-bond donors (Lipinski definition) is 3. The molecule has 1 aliphatic carbocycles. The monoisotopic (exact) mass is 772 g/mol. The van der Waals surface area contributed by atoms with Crippen LogP contribution in [0.25, 0.3) is 10.4 Å². The van der Waals surface area contributed by atoms with Gasteiger partial charge in [0.05, 0.1) is 12.7 Å². The fourth-order valence-corrected chi connectivity index (χ4v) is 7.84. The number of benzene rings is 4. The second-order valence-corrected chi connectivity index (χ2v) is 14.9. The van der Waals surface area contributed by atoms with Crippen LogP contribution in [0.2, 0.25) is 0 Å². The molecule has 1 aliphatic heterocycles. The number of fused-ring (bicyclic) bond motifs is 1. The third-order valence-corrected chi connectivity index (χ3v) is 10.8. The summed E-state index contributed by atoms with van der Waals surface area (Å²) in [5.74, 6) is -0.316. The molecule has 3 amide bonds. The maximum atomic E-state index is 14.9. The Morgan fingerprint density at radius 1 is 0.789 bits per heavy atom. The SMILES string of the molecule is [N-]=[N+]=NCCCCNC(=O)[C@@H]1C[C@@H]2CC[C@@H](O)C[C@@H]2N1C(=O)[C@H](Cc1ccccc1)NC(=O)[C@H](Cc1ccc(OCc2ccccc2)cc1)OCc1ccccc1. The van der Waals surface area contributed by atoms with E-state index < -0.39 is 30.2 Å². The van der Waals surface area contributed by atoms with E-state index in [0.717, 1.165) is 22.3 Å². The molecule has 1 saturated heterocycles. The number of rotatable bonds is 19. The van der Waals surface area contributed by atoms with Crippen molar-refractivity contribution >= 4 is 17.7 Å². The van der Waals surface area contributed by atoms with E-state index >= 15 is 0 Å². The van der Waals surface area contributed by atoms with Crippen LogP contribution in [-0.2, 0) is 45.2 Å². The Morgan fingerprint density at radius 3 is 2.09 bits per heavy atom. The summed E-state index contributed by atoms with van der Waals surface area (Å²) in [7, 11) is 0. The largest absolute Gasteiger partial charge is 0.489 e. The number of hydrogen-bond acceptors (Lipinski definition) is 7. The van der Waals surface area contributed by atoms with Gasteiger partial charge in [0.25, 0.3) is 0 Å². The lowest BCUT2D eigenvalue weighted by atomic mass is 9.83. The summed E-state index contributed by atoms with van der Waals surface area (Å²) in [4.78, 5) is 47.6. The number of aliphatic hydroxyl groups excluding tert-OH is 1. The maximum absolute atomic E-state index is 14.9. The lowest BCUT2D eigenvalue weighted by molar-refractivity contribution is -0.146. The van der Waals surface area contributed by atoms with Crippen LogP contribution in [0.1, 0.15) is 60.8 Å². The lowest BCUT2D eigenvalue weighted by Crippen LogP contribution is -2.58. The minimum atomic E-state index is -1.01. The molecule has 6 atom stereocenters. The zero-order valence-electron chi connectivity index (χ0n) is 32.2. The van der Waals surface area contributed by atoms with Gasteiger partial charge in [-0.05, 0) is 84.4 Å². The van der Waals surface area contributed by atoms with Crippen LogP contribution in [0.3, 0.4) is 0 Å². The summed E-state index contributed by atoms with van der Waals surface area (Å²) < 4.78 is 12.3. The van der Waals surface area contributed by atoms with E-state index in [1.54, 1.807) is 4.90 Å². The number of azide groups is 1. The number of carbonyl (C=O) groups excluding carboxylic acids is 3. The number of unbranched alkanes of at least 4 members (excludes halogenated alkanes) is 1. The standard InChI is InChI=1S/C45H52N6O6/c46-50-48-25-11-10-24-47-43(53)41-28-36-20-21-37(52)29-40(36)51(41)45(55)39(26-32-12-4-1-5-13-32)49-44(54)42(57-31-35-16-8-3-9-17-35)27-33-18-22-38(23-19-33)56-30-34-14-6-2-7-15-34/h1-9,12-19,22-23,36-37,39-42,52H,10-11,20-21,24-31H2,(H,47,53)(H,49,54)/t36-,37+,39-,40-,41-,42-/m0/s1. The molecular weight excluding hydrogens is 721 g/mol. The number of nitrogens with one attached hydrogen (secondary N) is 2. The second-order valence-electron chi connectivity index (χ2n) is 14.9. The van der Waals surface area contributed by atoms with Gasteiger partial charge in [-0.25, -0.2) is 0 Å². The third kappa shape index (κ3) is 11.9. The van der Waals surface area contributed by atoms with Gasteiger partial charge in [0.1, 0.15) is 30.5 Å². The highest BCUT2D eigenvalue weighted by Gasteiger charge is 2.50. The van der Waals surface area contributed by atoms with E-state index in [2.05, 4.69) is 20.7 Å². The van der Waals surface area contributed by atoms with Crippen LogP contribution in [0.4, 0.5) is 0 Å². The Morgan fingerprint density at radius 2 is 1.42 bits per heavy atom. The number of ether oxygens (including phenoxy) is 2. The van der Waals surface area contributed by atoms with Crippen molar-refractivity contribution in [2.45, 2.75) is 94.9 Å². The number of carbonyl (C=O) groups is 3. The van der Waals surface area contributed by atoms with E-state index in [-0.39, 0.29) is 43.2 Å². The molecule has 12 heteroatoms. The van der Waals surface area contributed by atoms with Crippen LogP contribution in [0.15, 0.2) is 120 Å². The first-order valence-corrected chi connectivity index (χ1v) is 19.9. The van der Waals surface area contributed by atoms with Crippen molar-refractivity contribution in [2.75, 3.05) is 13.1 Å². The molecule has 0 unspecified atom stereocenters.